The number of aromatic nitrogens is 2. The first kappa shape index (κ1) is 10.8. The summed E-state index contributed by atoms with van der Waals surface area (Å²) in [6, 6.07) is 0. The van der Waals surface area contributed by atoms with E-state index in [4.69, 9.17) is 0 Å². The third-order valence-electron chi connectivity index (χ3n) is 4.25. The van der Waals surface area contributed by atoms with E-state index in [0.717, 1.165) is 0 Å². The normalized spacial score (nSPS) is 27.7. The Hall–Kier alpha value is -0.725. The van der Waals surface area contributed by atoms with E-state index in [1.54, 1.807) is 0 Å². The Morgan fingerprint density at radius 1 is 1.40 bits per heavy atom. The fourth-order valence-corrected chi connectivity index (χ4v) is 2.45. The van der Waals surface area contributed by atoms with Crippen LogP contribution >= 0.6 is 0 Å². The topological polar surface area (TPSA) is 17.8 Å². The lowest BCUT2D eigenvalue weighted by Crippen LogP contribution is -2.23. The summed E-state index contributed by atoms with van der Waals surface area (Å²) >= 11 is 0. The predicted molar refractivity (Wildman–Crippen MR) is 64.1 cm³/mol. The van der Waals surface area contributed by atoms with E-state index in [0.29, 0.717) is 16.5 Å². The lowest BCUT2D eigenvalue weighted by molar-refractivity contribution is 0.272. The van der Waals surface area contributed by atoms with Crippen molar-refractivity contribution < 1.29 is 0 Å². The second kappa shape index (κ2) is 3.13. The van der Waals surface area contributed by atoms with Crippen molar-refractivity contribution in [2.24, 2.45) is 12.5 Å². The average molecular weight is 203 g/mol. The Morgan fingerprint density at radius 3 is 2.47 bits per heavy atom. The van der Waals surface area contributed by atoms with E-state index in [2.05, 4.69) is 46.3 Å². The molecule has 0 amide bonds. The van der Waals surface area contributed by atoms with Gasteiger partial charge in [0.1, 0.15) is 7.28 Å². The quantitative estimate of drug-likeness (QED) is 0.641. The Bertz CT molecular complexity index is 349. The van der Waals surface area contributed by atoms with Gasteiger partial charge in [0.25, 0.3) is 0 Å². The first-order chi connectivity index (χ1) is 6.82. The minimum absolute atomic E-state index is 0.313. The molecular weight excluding hydrogens is 183 g/mol. The zero-order valence-corrected chi connectivity index (χ0v) is 10.4. The molecule has 0 bridgehead atoms. The summed E-state index contributed by atoms with van der Waals surface area (Å²) in [5.74, 6) is 0.573. The molecule has 1 atom stereocenters. The molecule has 2 heterocycles. The van der Waals surface area contributed by atoms with Crippen molar-refractivity contribution >= 4 is 7.28 Å². The van der Waals surface area contributed by atoms with Crippen LogP contribution in [0.1, 0.15) is 45.5 Å². The van der Waals surface area contributed by atoms with Crippen molar-refractivity contribution in [2.75, 3.05) is 0 Å². The third-order valence-corrected chi connectivity index (χ3v) is 4.25. The minimum atomic E-state index is 0.313. The maximum atomic E-state index is 4.25. The van der Waals surface area contributed by atoms with Gasteiger partial charge in [-0.3, -0.25) is 4.68 Å². The van der Waals surface area contributed by atoms with Gasteiger partial charge >= 0.3 is 0 Å². The monoisotopic (exact) mass is 203 g/mol. The van der Waals surface area contributed by atoms with Gasteiger partial charge in [0, 0.05) is 13.2 Å². The molecule has 1 unspecified atom stereocenters. The highest BCUT2D eigenvalue weighted by Gasteiger charge is 2.47. The summed E-state index contributed by atoms with van der Waals surface area (Å²) in [6.07, 6.45) is 5.36. The van der Waals surface area contributed by atoms with Crippen molar-refractivity contribution in [2.45, 2.75) is 45.2 Å². The van der Waals surface area contributed by atoms with Gasteiger partial charge in [0.2, 0.25) is 0 Å². The first-order valence-electron chi connectivity index (χ1n) is 5.66. The summed E-state index contributed by atoms with van der Waals surface area (Å²) in [5.41, 5.74) is 1.74. The Morgan fingerprint density at radius 2 is 2.07 bits per heavy atom. The molecule has 1 aromatic heterocycles. The van der Waals surface area contributed by atoms with Gasteiger partial charge in [0.05, 0.1) is 6.20 Å². The molecule has 1 aromatic rings. The van der Waals surface area contributed by atoms with Crippen molar-refractivity contribution in [1.82, 2.24) is 9.78 Å². The second-order valence-corrected chi connectivity index (χ2v) is 6.03. The number of hydrogen-bond acceptors (Lipinski definition) is 1. The molecule has 1 aliphatic heterocycles. The Labute approximate surface area is 93.3 Å². The molecule has 0 aliphatic carbocycles. The summed E-state index contributed by atoms with van der Waals surface area (Å²) < 4.78 is 1.89. The van der Waals surface area contributed by atoms with Crippen LogP contribution in [0.2, 0.25) is 5.31 Å². The molecule has 2 nitrogen and oxygen atoms in total. The van der Waals surface area contributed by atoms with E-state index >= 15 is 0 Å². The van der Waals surface area contributed by atoms with Crippen LogP contribution < -0.4 is 0 Å². The molecule has 81 valence electrons. The van der Waals surface area contributed by atoms with Crippen molar-refractivity contribution in [3.63, 3.8) is 0 Å². The minimum Gasteiger partial charge on any atom is -0.276 e. The number of hydrogen-bond donors (Lipinski definition) is 0. The molecule has 0 N–H and O–H groups in total. The van der Waals surface area contributed by atoms with Crippen LogP contribution in [0.4, 0.5) is 0 Å². The van der Waals surface area contributed by atoms with Gasteiger partial charge in [-0.25, -0.2) is 0 Å². The number of nitrogens with zero attached hydrogens (tertiary/aromatic N) is 2. The SMILES string of the molecule is Cn1cc(C2[B]C(C)(C)C(C)(C)C2)cn1. The van der Waals surface area contributed by atoms with Gasteiger partial charge in [-0.2, -0.15) is 5.10 Å². The molecule has 15 heavy (non-hydrogen) atoms. The highest BCUT2D eigenvalue weighted by atomic mass is 15.2. The van der Waals surface area contributed by atoms with Crippen molar-refractivity contribution in [3.05, 3.63) is 18.0 Å². The summed E-state index contributed by atoms with van der Waals surface area (Å²) in [6.45, 7) is 9.40. The average Bonchev–Trinajstić information content (AvgIpc) is 2.56. The molecule has 1 radical (unpaired) electrons. The van der Waals surface area contributed by atoms with Crippen LogP contribution in [0.25, 0.3) is 0 Å². The molecule has 3 heteroatoms. The number of rotatable bonds is 1. The van der Waals surface area contributed by atoms with Gasteiger partial charge < -0.3 is 0 Å². The maximum absolute atomic E-state index is 4.25. The van der Waals surface area contributed by atoms with Crippen LogP contribution in [0.3, 0.4) is 0 Å². The standard InChI is InChI=1S/C12H20BN2/c1-11(2)6-10(13-12(11,3)4)9-7-14-15(5)8-9/h7-8,10H,6H2,1-5H3. The predicted octanol–water partition coefficient (Wildman–Crippen LogP) is 2.79. The molecule has 2 rings (SSSR count). The van der Waals surface area contributed by atoms with E-state index < -0.39 is 0 Å². The molecule has 1 saturated heterocycles. The van der Waals surface area contributed by atoms with Crippen LogP contribution in [0, 0.1) is 5.41 Å². The van der Waals surface area contributed by atoms with Gasteiger partial charge in [-0.1, -0.05) is 33.0 Å². The van der Waals surface area contributed by atoms with Crippen molar-refractivity contribution in [3.8, 4) is 0 Å². The fraction of sp³-hybridized carbons (Fsp3) is 0.750. The smallest absolute Gasteiger partial charge is 0.128 e. The molecule has 1 fully saturated rings. The van der Waals surface area contributed by atoms with Crippen LogP contribution in [-0.2, 0) is 7.05 Å². The molecular formula is C12H20BN2. The third kappa shape index (κ3) is 1.73. The van der Waals surface area contributed by atoms with E-state index in [1.807, 2.05) is 17.9 Å². The second-order valence-electron chi connectivity index (χ2n) is 6.03. The van der Waals surface area contributed by atoms with E-state index in [-0.39, 0.29) is 0 Å². The lowest BCUT2D eigenvalue weighted by atomic mass is 9.47. The first-order valence-corrected chi connectivity index (χ1v) is 5.66. The van der Waals surface area contributed by atoms with Crippen LogP contribution in [0.15, 0.2) is 12.4 Å². The van der Waals surface area contributed by atoms with Crippen molar-refractivity contribution in [1.29, 1.82) is 0 Å². The number of aryl methyl sites for hydroxylation is 1. The Balaban J connectivity index is 2.23. The summed E-state index contributed by atoms with van der Waals surface area (Å²) in [4.78, 5) is 0. The highest BCUT2D eigenvalue weighted by molar-refractivity contribution is 6.43. The van der Waals surface area contributed by atoms with Crippen LogP contribution in [-0.4, -0.2) is 17.1 Å². The molecule has 0 aromatic carbocycles. The lowest BCUT2D eigenvalue weighted by Gasteiger charge is -2.34. The van der Waals surface area contributed by atoms with E-state index in [1.165, 1.54) is 12.0 Å². The molecule has 1 aliphatic rings. The van der Waals surface area contributed by atoms with Crippen LogP contribution in [0.5, 0.6) is 0 Å². The van der Waals surface area contributed by atoms with Gasteiger partial charge in [0.15, 0.2) is 0 Å². The zero-order chi connectivity index (χ0) is 11.3. The largest absolute Gasteiger partial charge is 0.276 e. The highest BCUT2D eigenvalue weighted by Crippen LogP contribution is 2.57. The summed E-state index contributed by atoms with van der Waals surface area (Å²) in [7, 11) is 4.47. The molecule has 0 spiro atoms. The molecule has 0 saturated carbocycles. The zero-order valence-electron chi connectivity index (χ0n) is 10.4. The van der Waals surface area contributed by atoms with Gasteiger partial charge in [-0.05, 0) is 23.2 Å². The fourth-order valence-electron chi connectivity index (χ4n) is 2.45. The van der Waals surface area contributed by atoms with E-state index in [9.17, 15) is 0 Å². The maximum Gasteiger partial charge on any atom is 0.128 e. The van der Waals surface area contributed by atoms with Gasteiger partial charge in [-0.15, -0.1) is 0 Å². The Kier molecular flexibility index (Phi) is 2.25. The summed E-state index contributed by atoms with van der Waals surface area (Å²) in [5, 5.41) is 4.57.